The van der Waals surface area contributed by atoms with Crippen LogP contribution >= 0.6 is 0 Å². The van der Waals surface area contributed by atoms with Gasteiger partial charge in [0.25, 0.3) is 0 Å². The van der Waals surface area contributed by atoms with Crippen LogP contribution in [0.3, 0.4) is 0 Å². The molecule has 0 bridgehead atoms. The Bertz CT molecular complexity index is 263. The molecule has 1 aromatic rings. The Balaban J connectivity index is 2.54. The van der Waals surface area contributed by atoms with Crippen LogP contribution in [0.4, 0.5) is 0 Å². The standard InChI is InChI=1S/C9H8Te/c1-2-4-9-7-10-6-5-8(9)3-1/h1-6H,7H2. The van der Waals surface area contributed by atoms with Gasteiger partial charge in [0.1, 0.15) is 0 Å². The molecule has 0 fully saturated rings. The first kappa shape index (κ1) is 6.46. The van der Waals surface area contributed by atoms with E-state index in [9.17, 15) is 0 Å². The maximum atomic E-state index is 2.37. The first-order valence-corrected chi connectivity index (χ1v) is 6.32. The summed E-state index contributed by atoms with van der Waals surface area (Å²) in [6.45, 7) is 0. The summed E-state index contributed by atoms with van der Waals surface area (Å²) in [6.07, 6.45) is 2.26. The summed E-state index contributed by atoms with van der Waals surface area (Å²) in [5.74, 6) is 0. The van der Waals surface area contributed by atoms with Gasteiger partial charge in [0.15, 0.2) is 0 Å². The van der Waals surface area contributed by atoms with Crippen LogP contribution in [-0.2, 0) is 4.47 Å². The minimum absolute atomic E-state index is 0.189. The van der Waals surface area contributed by atoms with E-state index in [1.54, 1.807) is 5.56 Å². The second kappa shape index (κ2) is 2.78. The molecule has 10 heavy (non-hydrogen) atoms. The van der Waals surface area contributed by atoms with Crippen LogP contribution in [0.2, 0.25) is 0 Å². The van der Waals surface area contributed by atoms with Crippen molar-refractivity contribution in [2.45, 2.75) is 4.47 Å². The van der Waals surface area contributed by atoms with E-state index in [1.807, 2.05) is 0 Å². The van der Waals surface area contributed by atoms with Crippen LogP contribution < -0.4 is 0 Å². The van der Waals surface area contributed by atoms with Gasteiger partial charge in [-0.15, -0.1) is 0 Å². The Morgan fingerprint density at radius 2 is 2.10 bits per heavy atom. The van der Waals surface area contributed by atoms with E-state index < -0.39 is 0 Å². The summed E-state index contributed by atoms with van der Waals surface area (Å²) in [6, 6.07) is 8.67. The fraction of sp³-hybridized carbons (Fsp3) is 0.111. The number of hydrogen-bond acceptors (Lipinski definition) is 0. The molecule has 0 aromatic heterocycles. The normalized spacial score (nSPS) is 14.8. The molecular formula is C9H8Te. The molecule has 0 saturated carbocycles. The van der Waals surface area contributed by atoms with Crippen molar-refractivity contribution >= 4 is 27.0 Å². The van der Waals surface area contributed by atoms with E-state index in [0.717, 1.165) is 0 Å². The molecule has 0 radical (unpaired) electrons. The van der Waals surface area contributed by atoms with Crippen molar-refractivity contribution in [1.29, 1.82) is 0 Å². The third-order valence-electron chi connectivity index (χ3n) is 1.64. The van der Waals surface area contributed by atoms with E-state index in [0.29, 0.717) is 0 Å². The van der Waals surface area contributed by atoms with Gasteiger partial charge in [-0.1, -0.05) is 0 Å². The summed E-state index contributed by atoms with van der Waals surface area (Å²) >= 11 is 0.189. The molecule has 0 unspecified atom stereocenters. The maximum absolute atomic E-state index is 2.37. The average Bonchev–Trinajstić information content (AvgIpc) is 2.05. The van der Waals surface area contributed by atoms with E-state index in [4.69, 9.17) is 0 Å². The molecule has 1 aliphatic heterocycles. The molecule has 1 heterocycles. The van der Waals surface area contributed by atoms with E-state index >= 15 is 0 Å². The van der Waals surface area contributed by atoms with Crippen LogP contribution in [0.25, 0.3) is 6.08 Å². The van der Waals surface area contributed by atoms with Gasteiger partial charge in [0, 0.05) is 0 Å². The second-order valence-corrected chi connectivity index (χ2v) is 4.86. The molecular weight excluding hydrogens is 236 g/mol. The predicted octanol–water partition coefficient (Wildman–Crippen LogP) is 1.88. The van der Waals surface area contributed by atoms with Gasteiger partial charge in [0.2, 0.25) is 0 Å². The van der Waals surface area contributed by atoms with Crippen molar-refractivity contribution in [3.8, 4) is 0 Å². The van der Waals surface area contributed by atoms with Gasteiger partial charge >= 0.3 is 71.0 Å². The summed E-state index contributed by atoms with van der Waals surface area (Å²) in [4.78, 5) is 0. The molecule has 1 aromatic carbocycles. The van der Waals surface area contributed by atoms with Gasteiger partial charge in [-0.2, -0.15) is 0 Å². The fourth-order valence-corrected chi connectivity index (χ4v) is 3.32. The van der Waals surface area contributed by atoms with Crippen molar-refractivity contribution in [3.63, 3.8) is 0 Å². The van der Waals surface area contributed by atoms with Gasteiger partial charge in [-0.05, 0) is 0 Å². The molecule has 0 spiro atoms. The minimum atomic E-state index is 0.189. The topological polar surface area (TPSA) is 0 Å². The molecule has 1 heteroatoms. The van der Waals surface area contributed by atoms with E-state index in [1.165, 1.54) is 10.0 Å². The molecule has 50 valence electrons. The Morgan fingerprint density at radius 3 is 3.00 bits per heavy atom. The number of hydrogen-bond donors (Lipinski definition) is 0. The summed E-state index contributed by atoms with van der Waals surface area (Å²) < 4.78 is 3.71. The fourth-order valence-electron chi connectivity index (χ4n) is 1.09. The van der Waals surface area contributed by atoms with Crippen LogP contribution in [-0.4, -0.2) is 20.9 Å². The zero-order valence-corrected chi connectivity index (χ0v) is 7.91. The van der Waals surface area contributed by atoms with Gasteiger partial charge in [0.05, 0.1) is 0 Å². The predicted molar refractivity (Wildman–Crippen MR) is 44.9 cm³/mol. The molecule has 0 atom stereocenters. The van der Waals surface area contributed by atoms with Crippen LogP contribution in [0.1, 0.15) is 11.1 Å². The molecule has 0 amide bonds. The quantitative estimate of drug-likeness (QED) is 0.611. The Morgan fingerprint density at radius 1 is 1.20 bits per heavy atom. The first-order valence-electron chi connectivity index (χ1n) is 3.33. The van der Waals surface area contributed by atoms with Gasteiger partial charge in [-0.3, -0.25) is 0 Å². The van der Waals surface area contributed by atoms with Gasteiger partial charge < -0.3 is 0 Å². The zero-order chi connectivity index (χ0) is 6.81. The molecule has 0 aliphatic carbocycles. The third-order valence-corrected chi connectivity index (χ3v) is 3.94. The first-order chi connectivity index (χ1) is 4.97. The van der Waals surface area contributed by atoms with Crippen molar-refractivity contribution < 1.29 is 0 Å². The summed E-state index contributed by atoms with van der Waals surface area (Å²) in [7, 11) is 0. The van der Waals surface area contributed by atoms with Crippen LogP contribution in [0.5, 0.6) is 0 Å². The molecule has 0 N–H and O–H groups in total. The zero-order valence-electron chi connectivity index (χ0n) is 5.58. The van der Waals surface area contributed by atoms with Crippen LogP contribution in [0, 0.1) is 0 Å². The number of rotatable bonds is 0. The van der Waals surface area contributed by atoms with E-state index in [-0.39, 0.29) is 20.9 Å². The summed E-state index contributed by atoms with van der Waals surface area (Å²) in [5, 5.41) is 0. The monoisotopic (exact) mass is 246 g/mol. The second-order valence-electron chi connectivity index (χ2n) is 2.31. The Kier molecular flexibility index (Phi) is 1.80. The van der Waals surface area contributed by atoms with Crippen molar-refractivity contribution in [2.75, 3.05) is 0 Å². The van der Waals surface area contributed by atoms with Crippen molar-refractivity contribution in [1.82, 2.24) is 0 Å². The number of fused-ring (bicyclic) bond motifs is 1. The Hall–Kier alpha value is -0.250. The summed E-state index contributed by atoms with van der Waals surface area (Å²) in [5.41, 5.74) is 2.98. The SMILES string of the molecule is C1=Cc2ccccc2C[Te]1. The third kappa shape index (κ3) is 1.12. The van der Waals surface area contributed by atoms with E-state index in [2.05, 4.69) is 34.5 Å². The average molecular weight is 244 g/mol. The Labute approximate surface area is 71.0 Å². The van der Waals surface area contributed by atoms with Gasteiger partial charge in [-0.25, -0.2) is 0 Å². The molecule has 0 saturated heterocycles. The van der Waals surface area contributed by atoms with Crippen LogP contribution in [0.15, 0.2) is 28.4 Å². The number of benzene rings is 1. The molecule has 1 aliphatic rings. The van der Waals surface area contributed by atoms with Crippen molar-refractivity contribution in [3.05, 3.63) is 39.5 Å². The molecule has 0 nitrogen and oxygen atoms in total. The van der Waals surface area contributed by atoms with Crippen molar-refractivity contribution in [2.24, 2.45) is 0 Å². The molecule has 2 rings (SSSR count).